The Bertz CT molecular complexity index is 945. The maximum Gasteiger partial charge on any atom is 0.251 e. The topological polar surface area (TPSA) is 49.0 Å². The van der Waals surface area contributed by atoms with Crippen LogP contribution < -0.4 is 5.56 Å². The minimum atomic E-state index is -0.124. The molecule has 0 aliphatic heterocycles. The minimum absolute atomic E-state index is 0.124. The van der Waals surface area contributed by atoms with Gasteiger partial charge in [-0.05, 0) is 25.1 Å². The quantitative estimate of drug-likeness (QED) is 0.737. The number of hydrogen-bond donors (Lipinski definition) is 1. The van der Waals surface area contributed by atoms with Crippen LogP contribution in [0.2, 0.25) is 0 Å². The fourth-order valence-electron chi connectivity index (χ4n) is 2.88. The summed E-state index contributed by atoms with van der Waals surface area (Å²) < 4.78 is 0. The molecule has 3 aromatic rings. The molecule has 0 unspecified atom stereocenters. The number of H-pyrrole nitrogens is 1. The number of hydrogen-bond acceptors (Lipinski definition) is 3. The lowest BCUT2D eigenvalue weighted by molar-refractivity contribution is 0.364. The summed E-state index contributed by atoms with van der Waals surface area (Å²) in [4.78, 5) is 21.3. The third kappa shape index (κ3) is 4.77. The van der Waals surface area contributed by atoms with Crippen LogP contribution in [0.25, 0.3) is 17.5 Å². The van der Waals surface area contributed by atoms with Crippen molar-refractivity contribution >= 4 is 6.08 Å². The molecule has 0 atom stereocenters. The summed E-state index contributed by atoms with van der Waals surface area (Å²) >= 11 is 0. The molecule has 2 aromatic carbocycles. The largest absolute Gasteiger partial charge is 0.307 e. The van der Waals surface area contributed by atoms with Gasteiger partial charge in [0.25, 0.3) is 5.56 Å². The zero-order valence-electron chi connectivity index (χ0n) is 15.1. The van der Waals surface area contributed by atoms with Gasteiger partial charge >= 0.3 is 0 Å². The Morgan fingerprint density at radius 1 is 1.08 bits per heavy atom. The van der Waals surface area contributed by atoms with E-state index in [0.717, 1.165) is 29.9 Å². The van der Waals surface area contributed by atoms with E-state index in [-0.39, 0.29) is 5.56 Å². The van der Waals surface area contributed by atoms with E-state index in [4.69, 9.17) is 0 Å². The second-order valence-electron chi connectivity index (χ2n) is 6.40. The molecule has 0 saturated heterocycles. The zero-order valence-corrected chi connectivity index (χ0v) is 15.1. The average Bonchev–Trinajstić information content (AvgIpc) is 2.62. The van der Waals surface area contributed by atoms with Crippen LogP contribution in [0.4, 0.5) is 0 Å². The summed E-state index contributed by atoms with van der Waals surface area (Å²) in [7, 11) is 2.08. The molecule has 0 aliphatic carbocycles. The highest BCUT2D eigenvalue weighted by molar-refractivity contribution is 5.60. The Kier molecular flexibility index (Phi) is 5.77. The van der Waals surface area contributed by atoms with E-state index in [0.29, 0.717) is 5.82 Å². The van der Waals surface area contributed by atoms with Crippen molar-refractivity contribution in [3.63, 3.8) is 0 Å². The van der Waals surface area contributed by atoms with Crippen LogP contribution in [0, 0.1) is 6.92 Å². The van der Waals surface area contributed by atoms with Crippen molar-refractivity contribution in [3.8, 4) is 11.4 Å². The second kappa shape index (κ2) is 8.41. The molecule has 0 fully saturated rings. The second-order valence-corrected chi connectivity index (χ2v) is 6.40. The summed E-state index contributed by atoms with van der Waals surface area (Å²) in [6.07, 6.45) is 4.28. The lowest BCUT2D eigenvalue weighted by Gasteiger charge is -2.17. The monoisotopic (exact) mass is 345 g/mol. The molecule has 0 amide bonds. The van der Waals surface area contributed by atoms with Crippen molar-refractivity contribution in [1.82, 2.24) is 14.9 Å². The van der Waals surface area contributed by atoms with Crippen molar-refractivity contribution in [2.75, 3.05) is 13.6 Å². The first kappa shape index (κ1) is 17.8. The highest BCUT2D eigenvalue weighted by atomic mass is 16.1. The lowest BCUT2D eigenvalue weighted by Crippen LogP contribution is -2.18. The number of aryl methyl sites for hydroxylation is 1. The lowest BCUT2D eigenvalue weighted by atomic mass is 10.1. The van der Waals surface area contributed by atoms with Crippen LogP contribution >= 0.6 is 0 Å². The molecule has 0 aliphatic rings. The molecule has 1 N–H and O–H groups in total. The molecule has 26 heavy (non-hydrogen) atoms. The first-order valence-electron chi connectivity index (χ1n) is 8.68. The van der Waals surface area contributed by atoms with Crippen LogP contribution in [0.1, 0.15) is 16.8 Å². The standard InChI is InChI=1S/C22H23N3O/c1-17-15-21(26)24-22(23-17)20-13-7-6-12-19(20)16-25(2)14-8-11-18-9-4-3-5-10-18/h3-13,15H,14,16H2,1-2H3,(H,23,24,26). The van der Waals surface area contributed by atoms with E-state index in [1.807, 2.05) is 43.3 Å². The van der Waals surface area contributed by atoms with E-state index in [1.165, 1.54) is 11.6 Å². The van der Waals surface area contributed by atoms with Crippen LogP contribution in [0.15, 0.2) is 71.5 Å². The van der Waals surface area contributed by atoms with Gasteiger partial charge in [0.05, 0.1) is 0 Å². The predicted molar refractivity (Wildman–Crippen MR) is 107 cm³/mol. The van der Waals surface area contributed by atoms with E-state index in [9.17, 15) is 4.79 Å². The fraction of sp³-hybridized carbons (Fsp3) is 0.182. The summed E-state index contributed by atoms with van der Waals surface area (Å²) in [6.45, 7) is 3.44. The van der Waals surface area contributed by atoms with Crippen molar-refractivity contribution in [1.29, 1.82) is 0 Å². The third-order valence-corrected chi connectivity index (χ3v) is 4.11. The zero-order chi connectivity index (χ0) is 18.4. The molecule has 0 saturated carbocycles. The van der Waals surface area contributed by atoms with E-state index >= 15 is 0 Å². The number of rotatable bonds is 6. The van der Waals surface area contributed by atoms with Gasteiger partial charge in [0, 0.05) is 30.4 Å². The van der Waals surface area contributed by atoms with Gasteiger partial charge < -0.3 is 4.98 Å². The maximum atomic E-state index is 11.8. The molecular formula is C22H23N3O. The van der Waals surface area contributed by atoms with Crippen molar-refractivity contribution in [2.24, 2.45) is 0 Å². The number of aromatic amines is 1. The van der Waals surface area contributed by atoms with Crippen molar-refractivity contribution < 1.29 is 0 Å². The molecule has 1 aromatic heterocycles. The van der Waals surface area contributed by atoms with Crippen molar-refractivity contribution in [2.45, 2.75) is 13.5 Å². The van der Waals surface area contributed by atoms with Crippen molar-refractivity contribution in [3.05, 3.63) is 93.9 Å². The van der Waals surface area contributed by atoms with Gasteiger partial charge in [-0.25, -0.2) is 4.98 Å². The first-order valence-corrected chi connectivity index (χ1v) is 8.68. The number of likely N-dealkylation sites (N-methyl/N-ethyl adjacent to an activating group) is 1. The molecule has 0 bridgehead atoms. The predicted octanol–water partition coefficient (Wildman–Crippen LogP) is 3.89. The molecule has 4 nitrogen and oxygen atoms in total. The van der Waals surface area contributed by atoms with Gasteiger partial charge in [-0.2, -0.15) is 0 Å². The minimum Gasteiger partial charge on any atom is -0.307 e. The molecule has 0 spiro atoms. The summed E-state index contributed by atoms with van der Waals surface area (Å²) in [5, 5.41) is 0. The summed E-state index contributed by atoms with van der Waals surface area (Å²) in [5.74, 6) is 0.624. The number of benzene rings is 2. The van der Waals surface area contributed by atoms with E-state index in [1.54, 1.807) is 0 Å². The van der Waals surface area contributed by atoms with Crippen LogP contribution in [-0.2, 0) is 6.54 Å². The molecular weight excluding hydrogens is 322 g/mol. The normalized spacial score (nSPS) is 11.3. The average molecular weight is 345 g/mol. The van der Waals surface area contributed by atoms with Gasteiger partial charge in [0.2, 0.25) is 0 Å². The van der Waals surface area contributed by atoms with Gasteiger partial charge in [-0.3, -0.25) is 9.69 Å². The van der Waals surface area contributed by atoms with E-state index < -0.39 is 0 Å². The highest BCUT2D eigenvalue weighted by Gasteiger charge is 2.09. The first-order chi connectivity index (χ1) is 12.6. The Labute approximate surface area is 153 Å². The number of aromatic nitrogens is 2. The van der Waals surface area contributed by atoms with Gasteiger partial charge in [-0.1, -0.05) is 66.7 Å². The summed E-state index contributed by atoms with van der Waals surface area (Å²) in [5.41, 5.74) is 3.89. The SMILES string of the molecule is Cc1cc(=O)[nH]c(-c2ccccc2CN(C)CC=Cc2ccccc2)n1. The molecule has 132 valence electrons. The third-order valence-electron chi connectivity index (χ3n) is 4.11. The molecule has 4 heteroatoms. The Balaban J connectivity index is 1.74. The molecule has 0 radical (unpaired) electrons. The fourth-order valence-corrected chi connectivity index (χ4v) is 2.88. The van der Waals surface area contributed by atoms with Gasteiger partial charge in [0.1, 0.15) is 5.82 Å². The molecule has 3 rings (SSSR count). The Morgan fingerprint density at radius 3 is 2.58 bits per heavy atom. The summed E-state index contributed by atoms with van der Waals surface area (Å²) in [6, 6.07) is 19.8. The van der Waals surface area contributed by atoms with Gasteiger partial charge in [-0.15, -0.1) is 0 Å². The molecule has 1 heterocycles. The number of nitrogens with one attached hydrogen (secondary N) is 1. The Morgan fingerprint density at radius 2 is 1.81 bits per heavy atom. The maximum absolute atomic E-state index is 11.8. The van der Waals surface area contributed by atoms with Crippen LogP contribution in [0.5, 0.6) is 0 Å². The van der Waals surface area contributed by atoms with Crippen LogP contribution in [-0.4, -0.2) is 28.5 Å². The van der Waals surface area contributed by atoms with Crippen LogP contribution in [0.3, 0.4) is 0 Å². The number of nitrogens with zero attached hydrogens (tertiary/aromatic N) is 2. The van der Waals surface area contributed by atoms with E-state index in [2.05, 4.69) is 52.3 Å². The Hall–Kier alpha value is -2.98. The smallest absolute Gasteiger partial charge is 0.251 e. The van der Waals surface area contributed by atoms with Gasteiger partial charge in [0.15, 0.2) is 0 Å². The highest BCUT2D eigenvalue weighted by Crippen LogP contribution is 2.20.